The first kappa shape index (κ1) is 23.0. The number of imidazole rings is 1. The molecule has 9 heteroatoms. The van der Waals surface area contributed by atoms with Crippen LogP contribution in [-0.2, 0) is 4.79 Å². The number of rotatable bonds is 5. The number of amides is 2. The van der Waals surface area contributed by atoms with Crippen LogP contribution in [0.25, 0.3) is 5.69 Å². The van der Waals surface area contributed by atoms with Gasteiger partial charge in [-0.3, -0.25) is 9.59 Å². The SMILES string of the molecule is Cl.Cl.NCCNC(=O)C1CCCN(C(=O)c2ccc(-n3ccnc3)cc2)C1. The van der Waals surface area contributed by atoms with Gasteiger partial charge in [0, 0.05) is 49.8 Å². The standard InChI is InChI=1S/C18H23N5O2.2ClH/c19-7-8-21-17(24)15-2-1-10-22(12-15)18(25)14-3-5-16(6-4-14)23-11-9-20-13-23;;/h3-6,9,11,13,15H,1-2,7-8,10,12,19H2,(H,21,24);2*1H. The molecule has 0 aliphatic carbocycles. The van der Waals surface area contributed by atoms with Gasteiger partial charge in [0.05, 0.1) is 12.2 Å². The van der Waals surface area contributed by atoms with Crippen molar-refractivity contribution < 1.29 is 9.59 Å². The first-order chi connectivity index (χ1) is 12.2. The zero-order valence-corrected chi connectivity index (χ0v) is 16.5. The lowest BCUT2D eigenvalue weighted by atomic mass is 9.96. The summed E-state index contributed by atoms with van der Waals surface area (Å²) < 4.78 is 1.88. The molecule has 2 aromatic rings. The van der Waals surface area contributed by atoms with Crippen LogP contribution in [0.3, 0.4) is 0 Å². The van der Waals surface area contributed by atoms with E-state index >= 15 is 0 Å². The van der Waals surface area contributed by atoms with E-state index in [9.17, 15) is 9.59 Å². The van der Waals surface area contributed by atoms with E-state index in [0.29, 0.717) is 31.7 Å². The van der Waals surface area contributed by atoms with Crippen molar-refractivity contribution in [1.29, 1.82) is 0 Å². The van der Waals surface area contributed by atoms with Gasteiger partial charge >= 0.3 is 0 Å². The summed E-state index contributed by atoms with van der Waals surface area (Å²) in [6, 6.07) is 7.42. The Morgan fingerprint density at radius 3 is 2.59 bits per heavy atom. The minimum Gasteiger partial charge on any atom is -0.355 e. The maximum absolute atomic E-state index is 12.7. The van der Waals surface area contributed by atoms with E-state index in [0.717, 1.165) is 18.5 Å². The number of piperidine rings is 1. The van der Waals surface area contributed by atoms with E-state index in [-0.39, 0.29) is 42.5 Å². The summed E-state index contributed by atoms with van der Waals surface area (Å²) in [6.45, 7) is 2.03. The van der Waals surface area contributed by atoms with Crippen molar-refractivity contribution in [3.05, 3.63) is 48.5 Å². The molecule has 1 aromatic carbocycles. The Kier molecular flexibility index (Phi) is 9.28. The predicted molar refractivity (Wildman–Crippen MR) is 109 cm³/mol. The lowest BCUT2D eigenvalue weighted by Gasteiger charge is -2.32. The fourth-order valence-electron chi connectivity index (χ4n) is 3.09. The highest BCUT2D eigenvalue weighted by Crippen LogP contribution is 2.19. The number of hydrogen-bond donors (Lipinski definition) is 2. The van der Waals surface area contributed by atoms with Gasteiger partial charge in [-0.2, -0.15) is 0 Å². The Labute approximate surface area is 171 Å². The van der Waals surface area contributed by atoms with Gasteiger partial charge in [0.15, 0.2) is 0 Å². The Morgan fingerprint density at radius 1 is 1.22 bits per heavy atom. The van der Waals surface area contributed by atoms with Crippen molar-refractivity contribution in [2.24, 2.45) is 11.7 Å². The zero-order chi connectivity index (χ0) is 17.6. The summed E-state index contributed by atoms with van der Waals surface area (Å²) in [7, 11) is 0. The fraction of sp³-hybridized carbons (Fsp3) is 0.389. The number of nitrogens with zero attached hydrogens (tertiary/aromatic N) is 3. The van der Waals surface area contributed by atoms with Crippen molar-refractivity contribution in [1.82, 2.24) is 19.8 Å². The van der Waals surface area contributed by atoms with E-state index in [1.54, 1.807) is 17.4 Å². The van der Waals surface area contributed by atoms with Gasteiger partial charge in [0.1, 0.15) is 0 Å². The van der Waals surface area contributed by atoms with Crippen LogP contribution in [0.1, 0.15) is 23.2 Å². The number of halogens is 2. The van der Waals surface area contributed by atoms with Crippen LogP contribution >= 0.6 is 24.8 Å². The van der Waals surface area contributed by atoms with Crippen LogP contribution in [0.15, 0.2) is 43.0 Å². The molecule has 0 saturated carbocycles. The molecule has 3 rings (SSSR count). The number of likely N-dealkylation sites (tertiary alicyclic amines) is 1. The highest BCUT2D eigenvalue weighted by Gasteiger charge is 2.28. The number of carbonyl (C=O) groups excluding carboxylic acids is 2. The predicted octanol–water partition coefficient (Wildman–Crippen LogP) is 1.64. The lowest BCUT2D eigenvalue weighted by Crippen LogP contribution is -2.46. The van der Waals surface area contributed by atoms with Crippen LogP contribution in [0.2, 0.25) is 0 Å². The van der Waals surface area contributed by atoms with Gasteiger partial charge in [-0.1, -0.05) is 0 Å². The van der Waals surface area contributed by atoms with Gasteiger partial charge in [-0.15, -0.1) is 24.8 Å². The van der Waals surface area contributed by atoms with Gasteiger partial charge in [-0.05, 0) is 37.1 Å². The molecule has 1 atom stereocenters. The molecule has 7 nitrogen and oxygen atoms in total. The largest absolute Gasteiger partial charge is 0.355 e. The van der Waals surface area contributed by atoms with Gasteiger partial charge in [-0.25, -0.2) is 4.98 Å². The molecule has 1 aliphatic rings. The average Bonchev–Trinajstić information content (AvgIpc) is 3.20. The first-order valence-electron chi connectivity index (χ1n) is 8.54. The maximum Gasteiger partial charge on any atom is 0.253 e. The third-order valence-corrected chi connectivity index (χ3v) is 4.44. The van der Waals surface area contributed by atoms with Crippen LogP contribution in [0.4, 0.5) is 0 Å². The Balaban J connectivity index is 0.00000182. The van der Waals surface area contributed by atoms with Crippen LogP contribution in [0.5, 0.6) is 0 Å². The Morgan fingerprint density at radius 2 is 1.96 bits per heavy atom. The molecule has 2 heterocycles. The maximum atomic E-state index is 12.7. The van der Waals surface area contributed by atoms with E-state index in [1.807, 2.05) is 35.0 Å². The highest BCUT2D eigenvalue weighted by atomic mass is 35.5. The van der Waals surface area contributed by atoms with Gasteiger partial charge in [0.25, 0.3) is 5.91 Å². The number of aromatic nitrogens is 2. The van der Waals surface area contributed by atoms with E-state index in [2.05, 4.69) is 10.3 Å². The second-order valence-corrected chi connectivity index (χ2v) is 6.19. The molecule has 0 bridgehead atoms. The van der Waals surface area contributed by atoms with Crippen molar-refractivity contribution in [3.8, 4) is 5.69 Å². The molecule has 2 amide bonds. The summed E-state index contributed by atoms with van der Waals surface area (Å²) >= 11 is 0. The highest BCUT2D eigenvalue weighted by molar-refractivity contribution is 5.95. The van der Waals surface area contributed by atoms with Crippen molar-refractivity contribution in [3.63, 3.8) is 0 Å². The Hall–Kier alpha value is -2.09. The van der Waals surface area contributed by atoms with Crippen molar-refractivity contribution in [2.45, 2.75) is 12.8 Å². The summed E-state index contributed by atoms with van der Waals surface area (Å²) in [5.74, 6) is -0.207. The zero-order valence-electron chi connectivity index (χ0n) is 14.9. The number of nitrogens with two attached hydrogens (primary N) is 1. The molecule has 148 valence electrons. The molecular weight excluding hydrogens is 389 g/mol. The van der Waals surface area contributed by atoms with E-state index in [1.165, 1.54) is 0 Å². The topological polar surface area (TPSA) is 93.3 Å². The summed E-state index contributed by atoms with van der Waals surface area (Å²) in [5.41, 5.74) is 7.00. The number of carbonyl (C=O) groups is 2. The molecular formula is C18H25Cl2N5O2. The minimum absolute atomic E-state index is 0. The molecule has 1 saturated heterocycles. The molecule has 3 N–H and O–H groups in total. The third-order valence-electron chi connectivity index (χ3n) is 4.44. The minimum atomic E-state index is -0.158. The summed E-state index contributed by atoms with van der Waals surface area (Å²) in [5, 5.41) is 2.81. The Bertz CT molecular complexity index is 722. The molecule has 1 fully saturated rings. The molecule has 0 radical (unpaired) electrons. The monoisotopic (exact) mass is 413 g/mol. The van der Waals surface area contributed by atoms with Crippen LogP contribution < -0.4 is 11.1 Å². The van der Waals surface area contributed by atoms with E-state index < -0.39 is 0 Å². The van der Waals surface area contributed by atoms with Crippen LogP contribution in [0, 0.1) is 5.92 Å². The third kappa shape index (κ3) is 5.69. The molecule has 27 heavy (non-hydrogen) atoms. The second kappa shape index (κ2) is 10.9. The number of nitrogens with one attached hydrogen (secondary N) is 1. The lowest BCUT2D eigenvalue weighted by molar-refractivity contribution is -0.126. The first-order valence-corrected chi connectivity index (χ1v) is 8.54. The van der Waals surface area contributed by atoms with Crippen LogP contribution in [-0.4, -0.2) is 52.4 Å². The van der Waals surface area contributed by atoms with Crippen molar-refractivity contribution >= 4 is 36.6 Å². The quantitative estimate of drug-likeness (QED) is 0.778. The molecule has 1 unspecified atom stereocenters. The van der Waals surface area contributed by atoms with Crippen molar-refractivity contribution in [2.75, 3.05) is 26.2 Å². The number of hydrogen-bond acceptors (Lipinski definition) is 4. The second-order valence-electron chi connectivity index (χ2n) is 6.19. The summed E-state index contributed by atoms with van der Waals surface area (Å²) in [6.07, 6.45) is 6.92. The smallest absolute Gasteiger partial charge is 0.253 e. The normalized spacial score (nSPS) is 16.0. The van der Waals surface area contributed by atoms with E-state index in [4.69, 9.17) is 5.73 Å². The average molecular weight is 414 g/mol. The number of benzene rings is 1. The van der Waals surface area contributed by atoms with Gasteiger partial charge < -0.3 is 20.5 Å². The molecule has 0 spiro atoms. The molecule has 1 aromatic heterocycles. The summed E-state index contributed by atoms with van der Waals surface area (Å²) in [4.78, 5) is 30.6. The fourth-order valence-corrected chi connectivity index (χ4v) is 3.09. The van der Waals surface area contributed by atoms with Gasteiger partial charge in [0.2, 0.25) is 5.91 Å². The molecule has 1 aliphatic heterocycles.